The fraction of sp³-hybridized carbons (Fsp3) is 0.643. The monoisotopic (exact) mass is 306 g/mol. The highest BCUT2D eigenvalue weighted by Crippen LogP contribution is 2.42. The third-order valence-corrected chi connectivity index (χ3v) is 4.44. The largest absolute Gasteiger partial charge is 0.470 e. The average Bonchev–Trinajstić information content (AvgIpc) is 2.68. The van der Waals surface area contributed by atoms with Crippen molar-refractivity contribution in [2.24, 2.45) is 5.73 Å². The van der Waals surface area contributed by atoms with E-state index in [-0.39, 0.29) is 17.5 Å². The van der Waals surface area contributed by atoms with Crippen molar-refractivity contribution in [2.75, 3.05) is 31.1 Å². The topological polar surface area (TPSA) is 133 Å². The van der Waals surface area contributed by atoms with Crippen LogP contribution in [-0.4, -0.2) is 46.0 Å². The lowest BCUT2D eigenvalue weighted by atomic mass is 9.90. The minimum atomic E-state index is -0.351. The van der Waals surface area contributed by atoms with Crippen molar-refractivity contribution in [2.45, 2.75) is 37.7 Å². The number of ether oxygens (including phenoxy) is 1. The fourth-order valence-electron chi connectivity index (χ4n) is 3.29. The maximum atomic E-state index is 12.0. The Kier molecular flexibility index (Phi) is 3.78. The van der Waals surface area contributed by atoms with Crippen LogP contribution in [-0.2, 0) is 11.2 Å². The van der Waals surface area contributed by atoms with Gasteiger partial charge in [-0.2, -0.15) is 9.97 Å². The molecule has 0 unspecified atom stereocenters. The Bertz CT molecular complexity index is 593. The van der Waals surface area contributed by atoms with Gasteiger partial charge >= 0.3 is 0 Å². The number of nitrogens with two attached hydrogens (primary N) is 3. The Morgan fingerprint density at radius 1 is 1.27 bits per heavy atom. The van der Waals surface area contributed by atoms with E-state index in [0.717, 1.165) is 31.4 Å². The van der Waals surface area contributed by atoms with E-state index >= 15 is 0 Å². The van der Waals surface area contributed by atoms with E-state index in [9.17, 15) is 4.79 Å². The van der Waals surface area contributed by atoms with E-state index < -0.39 is 0 Å². The quantitative estimate of drug-likeness (QED) is 0.681. The van der Waals surface area contributed by atoms with Gasteiger partial charge in [0.05, 0.1) is 5.56 Å². The average molecular weight is 306 g/mol. The lowest BCUT2D eigenvalue weighted by Crippen LogP contribution is -2.37. The molecule has 2 aliphatic heterocycles. The molecule has 0 aliphatic carbocycles. The number of hydrogen-bond donors (Lipinski definition) is 3. The maximum absolute atomic E-state index is 12.0. The van der Waals surface area contributed by atoms with Crippen molar-refractivity contribution in [3.8, 4) is 5.88 Å². The van der Waals surface area contributed by atoms with Crippen molar-refractivity contribution in [1.29, 1.82) is 0 Å². The number of rotatable bonds is 2. The first-order valence-electron chi connectivity index (χ1n) is 7.62. The Hall–Kier alpha value is -2.09. The fourth-order valence-corrected chi connectivity index (χ4v) is 3.29. The summed E-state index contributed by atoms with van der Waals surface area (Å²) < 4.78 is 6.09. The number of nitrogens with zero attached hydrogens (tertiary/aromatic N) is 3. The van der Waals surface area contributed by atoms with Gasteiger partial charge in [0.25, 0.3) is 0 Å². The first-order chi connectivity index (χ1) is 10.5. The highest BCUT2D eigenvalue weighted by atomic mass is 16.5. The third-order valence-electron chi connectivity index (χ3n) is 4.44. The van der Waals surface area contributed by atoms with E-state index in [4.69, 9.17) is 21.9 Å². The van der Waals surface area contributed by atoms with Crippen LogP contribution in [0.3, 0.4) is 0 Å². The van der Waals surface area contributed by atoms with Crippen LogP contribution in [0.25, 0.3) is 0 Å². The summed E-state index contributed by atoms with van der Waals surface area (Å²) in [4.78, 5) is 22.0. The minimum Gasteiger partial charge on any atom is -0.470 e. The number of aromatic nitrogens is 2. The Morgan fingerprint density at radius 2 is 2.09 bits per heavy atom. The second-order valence-corrected chi connectivity index (χ2v) is 5.99. The van der Waals surface area contributed by atoms with Gasteiger partial charge in [0.2, 0.25) is 17.7 Å². The molecule has 3 heterocycles. The van der Waals surface area contributed by atoms with Gasteiger partial charge in [0.1, 0.15) is 11.4 Å². The molecule has 1 amide bonds. The highest BCUT2D eigenvalue weighted by Gasteiger charge is 2.43. The molecule has 0 bridgehead atoms. The zero-order valence-electron chi connectivity index (χ0n) is 12.5. The Balaban J connectivity index is 1.74. The molecule has 1 atom stereocenters. The van der Waals surface area contributed by atoms with Crippen molar-refractivity contribution >= 4 is 17.7 Å². The molecule has 0 aromatic carbocycles. The molecular formula is C14H22N6O2. The second-order valence-electron chi connectivity index (χ2n) is 5.99. The summed E-state index contributed by atoms with van der Waals surface area (Å²) in [6, 6.07) is 0. The molecule has 1 spiro atoms. The number of nitrogen functional groups attached to an aromatic ring is 2. The number of fused-ring (bicyclic) bond motifs is 1. The van der Waals surface area contributed by atoms with Crippen molar-refractivity contribution in [1.82, 2.24) is 14.9 Å². The van der Waals surface area contributed by atoms with Gasteiger partial charge in [-0.1, -0.05) is 0 Å². The van der Waals surface area contributed by atoms with Gasteiger partial charge in [-0.3, -0.25) is 4.79 Å². The lowest BCUT2D eigenvalue weighted by Gasteiger charge is -2.27. The molecular weight excluding hydrogens is 284 g/mol. The first kappa shape index (κ1) is 14.8. The molecule has 2 aliphatic rings. The van der Waals surface area contributed by atoms with Crippen LogP contribution in [0.2, 0.25) is 0 Å². The summed E-state index contributed by atoms with van der Waals surface area (Å²) in [6.07, 6.45) is 3.55. The summed E-state index contributed by atoms with van der Waals surface area (Å²) in [5, 5.41) is 0. The summed E-state index contributed by atoms with van der Waals surface area (Å²) in [5.41, 5.74) is 17.5. The van der Waals surface area contributed by atoms with Crippen LogP contribution in [0.4, 0.5) is 11.8 Å². The van der Waals surface area contributed by atoms with Crippen LogP contribution < -0.4 is 21.9 Å². The lowest BCUT2D eigenvalue weighted by molar-refractivity contribution is -0.131. The SMILES string of the molecule is NCCC(=O)N1CCC[C@]2(CC1)Cc1c(N)nc(N)nc1O2. The van der Waals surface area contributed by atoms with E-state index in [0.29, 0.717) is 37.6 Å². The number of carbonyl (C=O) groups excluding carboxylic acids is 1. The van der Waals surface area contributed by atoms with Crippen LogP contribution in [0.1, 0.15) is 31.2 Å². The normalized spacial score (nSPS) is 24.0. The molecule has 1 saturated heterocycles. The predicted octanol–water partition coefficient (Wildman–Crippen LogP) is -0.324. The number of hydrogen-bond acceptors (Lipinski definition) is 7. The second kappa shape index (κ2) is 5.60. The smallest absolute Gasteiger partial charge is 0.225 e. The third kappa shape index (κ3) is 2.66. The number of amides is 1. The van der Waals surface area contributed by atoms with Crippen molar-refractivity contribution < 1.29 is 9.53 Å². The predicted molar refractivity (Wildman–Crippen MR) is 82.0 cm³/mol. The highest BCUT2D eigenvalue weighted by molar-refractivity contribution is 5.76. The molecule has 22 heavy (non-hydrogen) atoms. The van der Waals surface area contributed by atoms with Gasteiger partial charge in [0, 0.05) is 38.9 Å². The summed E-state index contributed by atoms with van der Waals surface area (Å²) >= 11 is 0. The maximum Gasteiger partial charge on any atom is 0.225 e. The molecule has 1 fully saturated rings. The minimum absolute atomic E-state index is 0.110. The van der Waals surface area contributed by atoms with E-state index in [1.54, 1.807) is 0 Å². The molecule has 1 aromatic heterocycles. The molecule has 6 N–H and O–H groups in total. The van der Waals surface area contributed by atoms with E-state index in [1.165, 1.54) is 0 Å². The van der Waals surface area contributed by atoms with Crippen molar-refractivity contribution in [3.05, 3.63) is 5.56 Å². The Morgan fingerprint density at radius 3 is 2.86 bits per heavy atom. The standard InChI is InChI=1S/C14H22N6O2/c15-5-2-10(21)20-6-1-3-14(4-7-20)8-9-11(16)18-13(17)19-12(9)22-14/h1-8,15H2,(H4,16,17,18,19)/t14-/m0/s1. The zero-order chi connectivity index (χ0) is 15.7. The number of carbonyl (C=O) groups is 1. The van der Waals surface area contributed by atoms with Gasteiger partial charge < -0.3 is 26.8 Å². The van der Waals surface area contributed by atoms with E-state index in [1.807, 2.05) is 4.90 Å². The van der Waals surface area contributed by atoms with Crippen LogP contribution >= 0.6 is 0 Å². The summed E-state index contributed by atoms with van der Waals surface area (Å²) in [6.45, 7) is 1.78. The van der Waals surface area contributed by atoms with Gasteiger partial charge in [-0.05, 0) is 12.8 Å². The molecule has 0 radical (unpaired) electrons. The molecule has 3 rings (SSSR count). The molecule has 120 valence electrons. The van der Waals surface area contributed by atoms with Gasteiger partial charge in [0.15, 0.2) is 0 Å². The van der Waals surface area contributed by atoms with Crippen LogP contribution in [0.15, 0.2) is 0 Å². The van der Waals surface area contributed by atoms with Crippen molar-refractivity contribution in [3.63, 3.8) is 0 Å². The van der Waals surface area contributed by atoms with Crippen LogP contribution in [0, 0.1) is 0 Å². The molecule has 0 saturated carbocycles. The number of anilines is 2. The summed E-state index contributed by atoms with van der Waals surface area (Å²) in [7, 11) is 0. The Labute approximate surface area is 129 Å². The molecule has 8 heteroatoms. The first-order valence-corrected chi connectivity index (χ1v) is 7.62. The number of likely N-dealkylation sites (tertiary alicyclic amines) is 1. The molecule has 8 nitrogen and oxygen atoms in total. The van der Waals surface area contributed by atoms with E-state index in [2.05, 4.69) is 9.97 Å². The van der Waals surface area contributed by atoms with Crippen LogP contribution in [0.5, 0.6) is 5.88 Å². The van der Waals surface area contributed by atoms with Gasteiger partial charge in [-0.25, -0.2) is 0 Å². The molecule has 1 aromatic rings. The zero-order valence-corrected chi connectivity index (χ0v) is 12.5. The summed E-state index contributed by atoms with van der Waals surface area (Å²) in [5.74, 6) is 1.12. The van der Waals surface area contributed by atoms with Gasteiger partial charge in [-0.15, -0.1) is 0 Å².